The Morgan fingerprint density at radius 1 is 1.15 bits per heavy atom. The number of amides is 2. The molecule has 1 saturated heterocycles. The molecule has 4 rings (SSSR count). The number of rotatable bonds is 4. The van der Waals surface area contributed by atoms with Crippen LogP contribution < -0.4 is 27.0 Å². The van der Waals surface area contributed by atoms with Gasteiger partial charge >= 0.3 is 0 Å². The van der Waals surface area contributed by atoms with Crippen molar-refractivity contribution in [3.05, 3.63) is 24.3 Å². The number of hydrogen-bond donors (Lipinski definition) is 5. The fraction of sp³-hybridized carbons (Fsp3) is 0.471. The van der Waals surface area contributed by atoms with Crippen LogP contribution in [0.25, 0.3) is 10.2 Å². The van der Waals surface area contributed by atoms with E-state index in [9.17, 15) is 9.59 Å². The number of anilines is 1. The first-order chi connectivity index (χ1) is 12.7. The molecule has 2 aliphatic rings. The zero-order chi connectivity index (χ0) is 17.9. The number of hydrazine groups is 2. The third-order valence-corrected chi connectivity index (χ3v) is 5.97. The summed E-state index contributed by atoms with van der Waals surface area (Å²) in [5, 5.41) is 3.67. The van der Waals surface area contributed by atoms with Gasteiger partial charge in [0.15, 0.2) is 5.13 Å². The van der Waals surface area contributed by atoms with Crippen molar-refractivity contribution in [3.8, 4) is 0 Å². The van der Waals surface area contributed by atoms with Crippen LogP contribution >= 0.6 is 11.3 Å². The molecule has 1 aromatic heterocycles. The maximum absolute atomic E-state index is 12.3. The highest BCUT2D eigenvalue weighted by Crippen LogP contribution is 2.30. The lowest BCUT2D eigenvalue weighted by Crippen LogP contribution is -2.52. The van der Waals surface area contributed by atoms with Crippen LogP contribution in [0.1, 0.15) is 25.7 Å². The Hall–Kier alpha value is -2.23. The summed E-state index contributed by atoms with van der Waals surface area (Å²) in [6, 6.07) is 7.83. The Kier molecular flexibility index (Phi) is 5.00. The van der Waals surface area contributed by atoms with E-state index in [0.717, 1.165) is 29.5 Å². The van der Waals surface area contributed by atoms with Gasteiger partial charge in [-0.15, -0.1) is 0 Å². The summed E-state index contributed by atoms with van der Waals surface area (Å²) >= 11 is 1.49. The molecule has 3 unspecified atom stereocenters. The van der Waals surface area contributed by atoms with Crippen molar-refractivity contribution in [2.24, 2.45) is 5.92 Å². The summed E-state index contributed by atoms with van der Waals surface area (Å²) in [4.78, 5) is 28.7. The standard InChI is InChI=1S/C17H22N6O2S/c24-14(9-18-17-19-12-7-3-4-8-13(12)26-17)21-23-16(25)15-10-5-1-2-6-11(10)20-22-15/h3-4,7-8,10-11,15,20,22H,1-2,5-6,9H2,(H,18,19)(H,21,24)(H,23,25). The maximum Gasteiger partial charge on any atom is 0.257 e. The smallest absolute Gasteiger partial charge is 0.257 e. The fourth-order valence-electron chi connectivity index (χ4n) is 3.66. The van der Waals surface area contributed by atoms with Gasteiger partial charge in [-0.05, 0) is 25.0 Å². The van der Waals surface area contributed by atoms with Gasteiger partial charge < -0.3 is 5.32 Å². The fourth-order valence-corrected chi connectivity index (χ4v) is 4.52. The first kappa shape index (κ1) is 17.2. The van der Waals surface area contributed by atoms with Crippen molar-refractivity contribution in [2.45, 2.75) is 37.8 Å². The molecule has 2 fully saturated rings. The summed E-state index contributed by atoms with van der Waals surface area (Å²) in [5.74, 6) is -0.245. The lowest BCUT2D eigenvalue weighted by atomic mass is 9.81. The molecule has 2 heterocycles. The van der Waals surface area contributed by atoms with Crippen LogP contribution in [0.4, 0.5) is 5.13 Å². The molecule has 2 amide bonds. The van der Waals surface area contributed by atoms with Crippen molar-refractivity contribution in [2.75, 3.05) is 11.9 Å². The second-order valence-corrected chi connectivity index (χ2v) is 7.73. The van der Waals surface area contributed by atoms with Gasteiger partial charge in [-0.3, -0.25) is 25.9 Å². The Bertz CT molecular complexity index is 776. The van der Waals surface area contributed by atoms with E-state index in [1.165, 1.54) is 17.8 Å². The van der Waals surface area contributed by atoms with Crippen LogP contribution in [-0.4, -0.2) is 35.4 Å². The molecule has 0 spiro atoms. The predicted octanol–water partition coefficient (Wildman–Crippen LogP) is 0.891. The van der Waals surface area contributed by atoms with Gasteiger partial charge in [0.2, 0.25) is 0 Å². The van der Waals surface area contributed by atoms with Gasteiger partial charge in [0.1, 0.15) is 6.04 Å². The summed E-state index contributed by atoms with van der Waals surface area (Å²) in [6.45, 7) is 0.0441. The first-order valence-corrected chi connectivity index (χ1v) is 9.71. The third kappa shape index (κ3) is 3.64. The number of thiazole rings is 1. The summed E-state index contributed by atoms with van der Waals surface area (Å²) < 4.78 is 1.06. The van der Waals surface area contributed by atoms with Crippen molar-refractivity contribution < 1.29 is 9.59 Å². The topological polar surface area (TPSA) is 107 Å². The van der Waals surface area contributed by atoms with Crippen molar-refractivity contribution in [1.82, 2.24) is 26.7 Å². The van der Waals surface area contributed by atoms with Gasteiger partial charge in [-0.2, -0.15) is 0 Å². The van der Waals surface area contributed by atoms with Gasteiger partial charge in [0, 0.05) is 12.0 Å². The zero-order valence-electron chi connectivity index (χ0n) is 14.2. The molecule has 1 saturated carbocycles. The van der Waals surface area contributed by atoms with Gasteiger partial charge in [-0.1, -0.05) is 36.3 Å². The van der Waals surface area contributed by atoms with Crippen LogP contribution in [0, 0.1) is 5.92 Å². The highest BCUT2D eigenvalue weighted by Gasteiger charge is 2.41. The number of para-hydroxylation sites is 1. The minimum absolute atomic E-state index is 0.0441. The summed E-state index contributed by atoms with van der Waals surface area (Å²) in [7, 11) is 0. The van der Waals surface area contributed by atoms with E-state index in [1.54, 1.807) is 0 Å². The second kappa shape index (κ2) is 7.56. The molecule has 1 aromatic carbocycles. The molecule has 3 atom stereocenters. The largest absolute Gasteiger partial charge is 0.352 e. The van der Waals surface area contributed by atoms with Crippen LogP contribution in [0.15, 0.2) is 24.3 Å². The number of carbonyl (C=O) groups excluding carboxylic acids is 2. The lowest BCUT2D eigenvalue weighted by Gasteiger charge is -2.26. The number of fused-ring (bicyclic) bond motifs is 2. The number of carbonyl (C=O) groups is 2. The predicted molar refractivity (Wildman–Crippen MR) is 100 cm³/mol. The Morgan fingerprint density at radius 3 is 2.88 bits per heavy atom. The van der Waals surface area contributed by atoms with E-state index < -0.39 is 0 Å². The monoisotopic (exact) mass is 374 g/mol. The molecule has 138 valence electrons. The van der Waals surface area contributed by atoms with Crippen LogP contribution in [0.2, 0.25) is 0 Å². The first-order valence-electron chi connectivity index (χ1n) is 8.90. The van der Waals surface area contributed by atoms with Crippen molar-refractivity contribution in [3.63, 3.8) is 0 Å². The molecule has 0 radical (unpaired) electrons. The molecule has 26 heavy (non-hydrogen) atoms. The Labute approximate surface area is 155 Å². The van der Waals surface area contributed by atoms with E-state index in [-0.39, 0.29) is 30.3 Å². The molecule has 9 heteroatoms. The number of benzene rings is 1. The number of nitrogens with zero attached hydrogens (tertiary/aromatic N) is 1. The Balaban J connectivity index is 1.24. The molecular formula is C17H22N6O2S. The van der Waals surface area contributed by atoms with Crippen molar-refractivity contribution >= 4 is 38.5 Å². The van der Waals surface area contributed by atoms with Crippen LogP contribution in [0.3, 0.4) is 0 Å². The Morgan fingerprint density at radius 2 is 2.00 bits per heavy atom. The van der Waals surface area contributed by atoms with Crippen LogP contribution in [0.5, 0.6) is 0 Å². The van der Waals surface area contributed by atoms with E-state index >= 15 is 0 Å². The molecular weight excluding hydrogens is 352 g/mol. The summed E-state index contributed by atoms with van der Waals surface area (Å²) in [5.41, 5.74) is 12.1. The van der Waals surface area contributed by atoms with Crippen molar-refractivity contribution in [1.29, 1.82) is 0 Å². The molecule has 1 aliphatic carbocycles. The maximum atomic E-state index is 12.3. The van der Waals surface area contributed by atoms with Gasteiger partial charge in [0.25, 0.3) is 11.8 Å². The lowest BCUT2D eigenvalue weighted by molar-refractivity contribution is -0.129. The average molecular weight is 374 g/mol. The quantitative estimate of drug-likeness (QED) is 0.509. The summed E-state index contributed by atoms with van der Waals surface area (Å²) in [6.07, 6.45) is 4.45. The van der Waals surface area contributed by atoms with Gasteiger partial charge in [0.05, 0.1) is 16.8 Å². The molecule has 0 bridgehead atoms. The minimum Gasteiger partial charge on any atom is -0.352 e. The van der Waals surface area contributed by atoms with Gasteiger partial charge in [-0.25, -0.2) is 10.4 Å². The molecule has 5 N–H and O–H groups in total. The van der Waals surface area contributed by atoms with E-state index in [0.29, 0.717) is 11.2 Å². The number of hydrogen-bond acceptors (Lipinski definition) is 7. The normalized spacial score (nSPS) is 24.8. The minimum atomic E-state index is -0.316. The second-order valence-electron chi connectivity index (χ2n) is 6.70. The SMILES string of the molecule is O=C(CNc1nc2ccccc2s1)NNC(=O)C1NNC2CCCCC21. The number of nitrogens with one attached hydrogen (secondary N) is 5. The molecule has 2 aromatic rings. The number of aromatic nitrogens is 1. The van der Waals surface area contributed by atoms with E-state index in [4.69, 9.17) is 0 Å². The molecule has 1 aliphatic heterocycles. The third-order valence-electron chi connectivity index (χ3n) is 4.97. The highest BCUT2D eigenvalue weighted by atomic mass is 32.1. The molecule has 8 nitrogen and oxygen atoms in total. The van der Waals surface area contributed by atoms with E-state index in [1.807, 2.05) is 24.3 Å². The van der Waals surface area contributed by atoms with E-state index in [2.05, 4.69) is 32.0 Å². The zero-order valence-corrected chi connectivity index (χ0v) is 15.1. The average Bonchev–Trinajstić information content (AvgIpc) is 3.28. The highest BCUT2D eigenvalue weighted by molar-refractivity contribution is 7.22. The van der Waals surface area contributed by atoms with Crippen LogP contribution in [-0.2, 0) is 9.59 Å².